The second kappa shape index (κ2) is 8.82. The number of methoxy groups -OCH3 is 1. The molecule has 33 heavy (non-hydrogen) atoms. The van der Waals surface area contributed by atoms with E-state index in [0.717, 1.165) is 34.1 Å². The van der Waals surface area contributed by atoms with Gasteiger partial charge in [0.15, 0.2) is 0 Å². The Kier molecular flexibility index (Phi) is 5.57. The van der Waals surface area contributed by atoms with Crippen molar-refractivity contribution in [1.82, 2.24) is 15.1 Å². The molecule has 6 nitrogen and oxygen atoms in total. The van der Waals surface area contributed by atoms with Gasteiger partial charge in [-0.25, -0.2) is 4.68 Å². The predicted octanol–water partition coefficient (Wildman–Crippen LogP) is 4.55. The lowest BCUT2D eigenvalue weighted by Crippen LogP contribution is -2.47. The summed E-state index contributed by atoms with van der Waals surface area (Å²) in [6.07, 6.45) is 0. The summed E-state index contributed by atoms with van der Waals surface area (Å²) in [5.41, 5.74) is 4.77. The van der Waals surface area contributed by atoms with Gasteiger partial charge in [-0.05, 0) is 48.9 Å². The van der Waals surface area contributed by atoms with Gasteiger partial charge in [-0.1, -0.05) is 48.5 Å². The van der Waals surface area contributed by atoms with E-state index >= 15 is 0 Å². The molecule has 0 unspecified atom stereocenters. The zero-order valence-corrected chi connectivity index (χ0v) is 18.7. The van der Waals surface area contributed by atoms with Crippen LogP contribution in [0.15, 0.2) is 84.9 Å². The van der Waals surface area contributed by atoms with Crippen molar-refractivity contribution in [3.05, 3.63) is 107 Å². The van der Waals surface area contributed by atoms with Crippen LogP contribution in [0.1, 0.15) is 33.1 Å². The molecule has 6 heteroatoms. The van der Waals surface area contributed by atoms with Gasteiger partial charge in [0.2, 0.25) is 0 Å². The van der Waals surface area contributed by atoms with Crippen LogP contribution in [-0.2, 0) is 0 Å². The molecule has 166 valence electrons. The first-order valence-electron chi connectivity index (χ1n) is 11.0. The van der Waals surface area contributed by atoms with Crippen molar-refractivity contribution >= 4 is 11.7 Å². The van der Waals surface area contributed by atoms with Gasteiger partial charge in [-0.2, -0.15) is 5.10 Å². The number of fused-ring (bicyclic) bond motifs is 1. The van der Waals surface area contributed by atoms with E-state index in [0.29, 0.717) is 12.1 Å². The highest BCUT2D eigenvalue weighted by Crippen LogP contribution is 2.40. The Bertz CT molecular complexity index is 1250. The largest absolute Gasteiger partial charge is 0.497 e. The van der Waals surface area contributed by atoms with E-state index in [1.807, 2.05) is 84.4 Å². The van der Waals surface area contributed by atoms with Gasteiger partial charge in [0, 0.05) is 23.6 Å². The van der Waals surface area contributed by atoms with Crippen molar-refractivity contribution in [3.63, 3.8) is 0 Å². The van der Waals surface area contributed by atoms with E-state index in [1.165, 1.54) is 0 Å². The zero-order chi connectivity index (χ0) is 22.8. The number of ether oxygens (including phenoxy) is 1. The Morgan fingerprint density at radius 3 is 2.33 bits per heavy atom. The summed E-state index contributed by atoms with van der Waals surface area (Å²) in [6.45, 7) is 2.61. The van der Waals surface area contributed by atoms with Crippen molar-refractivity contribution in [2.24, 2.45) is 0 Å². The fourth-order valence-electron chi connectivity index (χ4n) is 4.55. The van der Waals surface area contributed by atoms with Crippen LogP contribution in [-0.4, -0.2) is 35.4 Å². The van der Waals surface area contributed by atoms with Crippen LogP contribution in [0.25, 0.3) is 5.69 Å². The highest BCUT2D eigenvalue weighted by molar-refractivity contribution is 5.94. The number of nitrogens with zero attached hydrogens (tertiary/aromatic N) is 2. The number of aryl methyl sites for hydroxylation is 1. The molecule has 0 saturated carbocycles. The van der Waals surface area contributed by atoms with Crippen molar-refractivity contribution in [2.75, 3.05) is 19.0 Å². The summed E-state index contributed by atoms with van der Waals surface area (Å²) < 4.78 is 7.32. The molecule has 2 atom stereocenters. The molecule has 0 fully saturated rings. The highest BCUT2D eigenvalue weighted by atomic mass is 16.5. The number of para-hydroxylation sites is 1. The summed E-state index contributed by atoms with van der Waals surface area (Å²) in [6, 6.07) is 27.3. The second-order valence-corrected chi connectivity index (χ2v) is 8.17. The Labute approximate surface area is 193 Å². The smallest absolute Gasteiger partial charge is 0.251 e. The summed E-state index contributed by atoms with van der Waals surface area (Å²) in [4.78, 5) is 13.0. The molecule has 1 aromatic heterocycles. The lowest BCUT2D eigenvalue weighted by atomic mass is 9.82. The SMILES string of the molecule is COc1ccc([C@@H]2c3c(C)nn(-c4ccccc4)c3NC[C@H]2NC(=O)c2ccccc2)cc1. The summed E-state index contributed by atoms with van der Waals surface area (Å²) in [5, 5.41) is 11.7. The number of rotatable bonds is 5. The molecule has 2 heterocycles. The number of anilines is 1. The van der Waals surface area contributed by atoms with Gasteiger partial charge < -0.3 is 15.4 Å². The number of hydrogen-bond donors (Lipinski definition) is 2. The van der Waals surface area contributed by atoms with Gasteiger partial charge in [0.05, 0.1) is 24.5 Å². The van der Waals surface area contributed by atoms with E-state index in [9.17, 15) is 4.79 Å². The molecule has 2 N–H and O–H groups in total. The molecular formula is C27H26N4O2. The van der Waals surface area contributed by atoms with Crippen LogP contribution in [0, 0.1) is 6.92 Å². The van der Waals surface area contributed by atoms with E-state index in [4.69, 9.17) is 9.84 Å². The average Bonchev–Trinajstić information content (AvgIpc) is 3.21. The number of aromatic nitrogens is 2. The van der Waals surface area contributed by atoms with Crippen molar-refractivity contribution in [1.29, 1.82) is 0 Å². The zero-order valence-electron chi connectivity index (χ0n) is 18.7. The Morgan fingerprint density at radius 2 is 1.67 bits per heavy atom. The number of carbonyl (C=O) groups excluding carboxylic acids is 1. The van der Waals surface area contributed by atoms with Crippen LogP contribution in [0.3, 0.4) is 0 Å². The Morgan fingerprint density at radius 1 is 1.00 bits per heavy atom. The summed E-state index contributed by atoms with van der Waals surface area (Å²) in [7, 11) is 1.66. The summed E-state index contributed by atoms with van der Waals surface area (Å²) in [5.74, 6) is 1.62. The minimum atomic E-state index is -0.147. The fourth-order valence-corrected chi connectivity index (χ4v) is 4.55. The third-order valence-corrected chi connectivity index (χ3v) is 6.14. The number of amides is 1. The lowest BCUT2D eigenvalue weighted by molar-refractivity contribution is 0.0935. The molecule has 0 saturated heterocycles. The highest BCUT2D eigenvalue weighted by Gasteiger charge is 2.36. The number of hydrogen-bond acceptors (Lipinski definition) is 4. The Balaban J connectivity index is 1.57. The molecule has 0 spiro atoms. The van der Waals surface area contributed by atoms with E-state index < -0.39 is 0 Å². The van der Waals surface area contributed by atoms with Crippen molar-refractivity contribution in [2.45, 2.75) is 18.9 Å². The topological polar surface area (TPSA) is 68.2 Å². The van der Waals surface area contributed by atoms with Gasteiger partial charge in [0.25, 0.3) is 5.91 Å². The first-order valence-corrected chi connectivity index (χ1v) is 11.0. The maximum Gasteiger partial charge on any atom is 0.251 e. The monoisotopic (exact) mass is 438 g/mol. The van der Waals surface area contributed by atoms with Crippen LogP contribution in [0.2, 0.25) is 0 Å². The van der Waals surface area contributed by atoms with E-state index in [-0.39, 0.29) is 17.9 Å². The molecule has 1 aliphatic heterocycles. The van der Waals surface area contributed by atoms with E-state index in [1.54, 1.807) is 7.11 Å². The molecule has 1 amide bonds. The van der Waals surface area contributed by atoms with Gasteiger partial charge >= 0.3 is 0 Å². The number of nitrogens with one attached hydrogen (secondary N) is 2. The van der Waals surface area contributed by atoms with Crippen LogP contribution in [0.4, 0.5) is 5.82 Å². The molecule has 0 radical (unpaired) electrons. The maximum atomic E-state index is 13.0. The first-order chi connectivity index (χ1) is 16.2. The average molecular weight is 439 g/mol. The quantitative estimate of drug-likeness (QED) is 0.480. The molecule has 1 aliphatic rings. The van der Waals surface area contributed by atoms with Crippen molar-refractivity contribution < 1.29 is 9.53 Å². The van der Waals surface area contributed by atoms with Gasteiger partial charge in [0.1, 0.15) is 11.6 Å². The van der Waals surface area contributed by atoms with Gasteiger partial charge in [-0.3, -0.25) is 4.79 Å². The van der Waals surface area contributed by atoms with Crippen LogP contribution < -0.4 is 15.4 Å². The van der Waals surface area contributed by atoms with Crippen molar-refractivity contribution in [3.8, 4) is 11.4 Å². The number of carbonyl (C=O) groups is 1. The molecule has 3 aromatic carbocycles. The minimum absolute atomic E-state index is 0.0581. The lowest BCUT2D eigenvalue weighted by Gasteiger charge is -2.34. The first kappa shape index (κ1) is 20.8. The maximum absolute atomic E-state index is 13.0. The number of benzene rings is 3. The predicted molar refractivity (Wildman–Crippen MR) is 129 cm³/mol. The second-order valence-electron chi connectivity index (χ2n) is 8.17. The third kappa shape index (κ3) is 3.96. The molecule has 5 rings (SSSR count). The molecule has 0 bridgehead atoms. The minimum Gasteiger partial charge on any atom is -0.497 e. The third-order valence-electron chi connectivity index (χ3n) is 6.14. The standard InChI is InChI=1S/C27H26N4O2/c1-18-24-25(19-13-15-22(33-2)16-14-19)23(29-27(32)20-9-5-3-6-10-20)17-28-26(24)31(30-18)21-11-7-4-8-12-21/h3-16,23,25,28H,17H2,1-2H3,(H,29,32)/t23-,25+/m1/s1. The summed E-state index contributed by atoms with van der Waals surface area (Å²) >= 11 is 0. The van der Waals surface area contributed by atoms with Crippen LogP contribution in [0.5, 0.6) is 5.75 Å². The Hall–Kier alpha value is -4.06. The fraction of sp³-hybridized carbons (Fsp3) is 0.185. The molecule has 4 aromatic rings. The van der Waals surface area contributed by atoms with Crippen LogP contribution >= 0.6 is 0 Å². The molecular weight excluding hydrogens is 412 g/mol. The molecule has 0 aliphatic carbocycles. The van der Waals surface area contributed by atoms with E-state index in [2.05, 4.69) is 22.8 Å². The van der Waals surface area contributed by atoms with Gasteiger partial charge in [-0.15, -0.1) is 0 Å². The normalized spacial score (nSPS) is 17.0.